The van der Waals surface area contributed by atoms with Crippen molar-refractivity contribution in [2.24, 2.45) is 22.6 Å². The fraction of sp³-hybridized carbons (Fsp3) is 0.929. The summed E-state index contributed by atoms with van der Waals surface area (Å²) in [4.78, 5) is 16.2. The van der Waals surface area contributed by atoms with Gasteiger partial charge in [0.25, 0.3) is 0 Å². The first kappa shape index (κ1) is 31.1. The molecule has 0 saturated heterocycles. The quantitative estimate of drug-likeness (QED) is 0.197. The average Bonchev–Trinajstić information content (AvgIpc) is 2.84. The molecule has 0 radical (unpaired) electrons. The molecule has 2 saturated carbocycles. The molecule has 190 valence electrons. The van der Waals surface area contributed by atoms with E-state index in [1.54, 1.807) is 6.92 Å². The second-order valence-corrected chi connectivity index (χ2v) is 9.56. The van der Waals surface area contributed by atoms with E-state index in [0.29, 0.717) is 11.9 Å². The molecule has 0 amide bonds. The SMILES string of the molecule is CC.CCC(C)C(N)=N[C@@H](CCC1CCCCC1)C(C)=O.CCCCOC1CCCCC1. The van der Waals surface area contributed by atoms with Crippen molar-refractivity contribution in [1.82, 2.24) is 0 Å². The summed E-state index contributed by atoms with van der Waals surface area (Å²) >= 11 is 0. The van der Waals surface area contributed by atoms with Crippen molar-refractivity contribution < 1.29 is 9.53 Å². The van der Waals surface area contributed by atoms with Crippen LogP contribution in [0.25, 0.3) is 0 Å². The number of aliphatic imine (C=N–C) groups is 1. The highest BCUT2D eigenvalue weighted by Gasteiger charge is 2.19. The first-order chi connectivity index (χ1) is 15.5. The van der Waals surface area contributed by atoms with Crippen LogP contribution in [0, 0.1) is 11.8 Å². The van der Waals surface area contributed by atoms with Gasteiger partial charge in [-0.25, -0.2) is 0 Å². The Hall–Kier alpha value is -0.900. The predicted octanol–water partition coefficient (Wildman–Crippen LogP) is 7.87. The first-order valence-corrected chi connectivity index (χ1v) is 13.9. The number of carbonyl (C=O) groups is 1. The molecule has 2 rings (SSSR count). The molecule has 2 N–H and O–H groups in total. The number of unbranched alkanes of at least 4 members (excludes halogenated alkanes) is 1. The number of hydrogen-bond donors (Lipinski definition) is 1. The molecule has 4 heteroatoms. The number of hydrogen-bond acceptors (Lipinski definition) is 3. The van der Waals surface area contributed by atoms with E-state index in [0.717, 1.165) is 31.8 Å². The Morgan fingerprint density at radius 3 is 2.06 bits per heavy atom. The maximum atomic E-state index is 11.7. The van der Waals surface area contributed by atoms with Crippen molar-refractivity contribution in [1.29, 1.82) is 0 Å². The van der Waals surface area contributed by atoms with Crippen LogP contribution < -0.4 is 5.73 Å². The van der Waals surface area contributed by atoms with E-state index in [1.165, 1.54) is 77.0 Å². The van der Waals surface area contributed by atoms with E-state index in [9.17, 15) is 4.79 Å². The maximum Gasteiger partial charge on any atom is 0.154 e. The lowest BCUT2D eigenvalue weighted by Gasteiger charge is -2.22. The van der Waals surface area contributed by atoms with Crippen LogP contribution in [0.3, 0.4) is 0 Å². The molecule has 2 aliphatic carbocycles. The van der Waals surface area contributed by atoms with Crippen LogP contribution >= 0.6 is 0 Å². The van der Waals surface area contributed by atoms with E-state index in [4.69, 9.17) is 10.5 Å². The zero-order chi connectivity index (χ0) is 24.2. The lowest BCUT2D eigenvalue weighted by atomic mass is 9.85. The summed E-state index contributed by atoms with van der Waals surface area (Å²) in [6.45, 7) is 13.0. The van der Waals surface area contributed by atoms with E-state index >= 15 is 0 Å². The number of nitrogens with zero attached hydrogens (tertiary/aromatic N) is 1. The number of rotatable bonds is 11. The van der Waals surface area contributed by atoms with Gasteiger partial charge >= 0.3 is 0 Å². The summed E-state index contributed by atoms with van der Waals surface area (Å²) in [5.41, 5.74) is 5.97. The number of nitrogens with two attached hydrogens (primary N) is 1. The van der Waals surface area contributed by atoms with Crippen molar-refractivity contribution in [2.75, 3.05) is 6.61 Å². The summed E-state index contributed by atoms with van der Waals surface area (Å²) in [7, 11) is 0. The van der Waals surface area contributed by atoms with Crippen molar-refractivity contribution in [3.63, 3.8) is 0 Å². The topological polar surface area (TPSA) is 64.7 Å². The molecule has 32 heavy (non-hydrogen) atoms. The summed E-state index contributed by atoms with van der Waals surface area (Å²) in [6.07, 6.45) is 19.6. The summed E-state index contributed by atoms with van der Waals surface area (Å²) < 4.78 is 5.72. The Bertz CT molecular complexity index is 466. The third-order valence-electron chi connectivity index (χ3n) is 6.87. The van der Waals surface area contributed by atoms with Crippen LogP contribution in [0.5, 0.6) is 0 Å². The molecule has 0 bridgehead atoms. The zero-order valence-electron chi connectivity index (χ0n) is 22.5. The fourth-order valence-corrected chi connectivity index (χ4v) is 4.37. The first-order valence-electron chi connectivity index (χ1n) is 13.9. The summed E-state index contributed by atoms with van der Waals surface area (Å²) in [5.74, 6) is 1.88. The molecule has 0 aromatic carbocycles. The standard InChI is InChI=1S/C16H30N2O.C10H20O.C2H6/c1-4-12(2)16(17)18-15(13(3)19)11-10-14-8-6-5-7-9-14;1-2-3-9-11-10-7-5-4-6-8-10;1-2/h12,14-15H,4-11H2,1-3H3,(H2,17,18);10H,2-9H2,1H3;1-2H3/t12?,15-;;/m0../s1. The molecular weight excluding hydrogens is 396 g/mol. The van der Waals surface area contributed by atoms with Crippen molar-refractivity contribution >= 4 is 11.6 Å². The van der Waals surface area contributed by atoms with Crippen molar-refractivity contribution in [3.8, 4) is 0 Å². The number of amidine groups is 1. The molecule has 0 aromatic rings. The van der Waals surface area contributed by atoms with Gasteiger partial charge in [0.2, 0.25) is 0 Å². The summed E-state index contributed by atoms with van der Waals surface area (Å²) in [5, 5.41) is 0. The smallest absolute Gasteiger partial charge is 0.154 e. The minimum absolute atomic E-state index is 0.155. The highest BCUT2D eigenvalue weighted by Crippen LogP contribution is 2.28. The van der Waals surface area contributed by atoms with Crippen LogP contribution in [-0.2, 0) is 9.53 Å². The van der Waals surface area contributed by atoms with E-state index in [2.05, 4.69) is 25.8 Å². The third kappa shape index (κ3) is 15.0. The molecule has 1 unspecified atom stereocenters. The van der Waals surface area contributed by atoms with Gasteiger partial charge in [-0.2, -0.15) is 0 Å². The number of ether oxygens (including phenoxy) is 1. The Kier molecular flexibility index (Phi) is 20.1. The van der Waals surface area contributed by atoms with Gasteiger partial charge < -0.3 is 10.5 Å². The van der Waals surface area contributed by atoms with Crippen LogP contribution in [-0.4, -0.2) is 30.4 Å². The van der Waals surface area contributed by atoms with Gasteiger partial charge in [0.1, 0.15) is 6.04 Å². The lowest BCUT2D eigenvalue weighted by molar-refractivity contribution is -0.118. The number of ketones is 1. The lowest BCUT2D eigenvalue weighted by Crippen LogP contribution is -2.27. The maximum absolute atomic E-state index is 11.7. The number of carbonyl (C=O) groups excluding carboxylic acids is 1. The van der Waals surface area contributed by atoms with E-state index in [-0.39, 0.29) is 17.7 Å². The molecule has 0 aliphatic heterocycles. The highest BCUT2D eigenvalue weighted by molar-refractivity contribution is 5.88. The molecule has 0 spiro atoms. The highest BCUT2D eigenvalue weighted by atomic mass is 16.5. The molecular formula is C28H56N2O2. The molecule has 4 nitrogen and oxygen atoms in total. The van der Waals surface area contributed by atoms with Gasteiger partial charge in [0, 0.05) is 12.5 Å². The second kappa shape index (κ2) is 20.7. The van der Waals surface area contributed by atoms with E-state index < -0.39 is 0 Å². The molecule has 2 aliphatic rings. The monoisotopic (exact) mass is 452 g/mol. The van der Waals surface area contributed by atoms with Gasteiger partial charge in [-0.1, -0.05) is 92.4 Å². The largest absolute Gasteiger partial charge is 0.387 e. The Labute approximate surface area is 200 Å². The average molecular weight is 453 g/mol. The van der Waals surface area contributed by atoms with Crippen LogP contribution in [0.4, 0.5) is 0 Å². The fourth-order valence-electron chi connectivity index (χ4n) is 4.37. The third-order valence-corrected chi connectivity index (χ3v) is 6.87. The second-order valence-electron chi connectivity index (χ2n) is 9.56. The van der Waals surface area contributed by atoms with Gasteiger partial charge in [-0.3, -0.25) is 9.79 Å². The van der Waals surface area contributed by atoms with Gasteiger partial charge in [0.05, 0.1) is 11.9 Å². The zero-order valence-corrected chi connectivity index (χ0v) is 22.5. The van der Waals surface area contributed by atoms with Gasteiger partial charge in [-0.15, -0.1) is 0 Å². The molecule has 2 fully saturated rings. The Morgan fingerprint density at radius 1 is 1.00 bits per heavy atom. The molecule has 2 atom stereocenters. The van der Waals surface area contributed by atoms with Gasteiger partial charge in [-0.05, 0) is 51.4 Å². The van der Waals surface area contributed by atoms with Crippen LogP contribution in [0.1, 0.15) is 138 Å². The van der Waals surface area contributed by atoms with Crippen molar-refractivity contribution in [2.45, 2.75) is 150 Å². The summed E-state index contributed by atoms with van der Waals surface area (Å²) in [6, 6.07) is -0.212. The predicted molar refractivity (Wildman–Crippen MR) is 140 cm³/mol. The Morgan fingerprint density at radius 2 is 1.56 bits per heavy atom. The minimum atomic E-state index is -0.212. The van der Waals surface area contributed by atoms with Crippen molar-refractivity contribution in [3.05, 3.63) is 0 Å². The molecule has 0 heterocycles. The van der Waals surface area contributed by atoms with E-state index in [1.807, 2.05) is 13.8 Å². The van der Waals surface area contributed by atoms with Crippen LogP contribution in [0.15, 0.2) is 4.99 Å². The normalized spacial score (nSPS) is 19.8. The Balaban J connectivity index is 0.000000626. The number of Topliss-reactive ketones (excluding diaryl/α,β-unsaturated/α-hetero) is 1. The molecule has 0 aromatic heterocycles. The minimum Gasteiger partial charge on any atom is -0.387 e. The van der Waals surface area contributed by atoms with Crippen LogP contribution in [0.2, 0.25) is 0 Å². The van der Waals surface area contributed by atoms with Gasteiger partial charge in [0.15, 0.2) is 5.78 Å².